The van der Waals surface area contributed by atoms with E-state index in [1.807, 2.05) is 6.92 Å². The van der Waals surface area contributed by atoms with Gasteiger partial charge >= 0.3 is 0 Å². The number of aliphatic hydroxyl groups excluding tert-OH is 1. The molecule has 3 heteroatoms. The maximum absolute atomic E-state index is 9.73. The number of aliphatic hydroxyl groups is 2. The summed E-state index contributed by atoms with van der Waals surface area (Å²) in [7, 11) is 0. The maximum atomic E-state index is 9.73. The van der Waals surface area contributed by atoms with Gasteiger partial charge in [0.25, 0.3) is 0 Å². The van der Waals surface area contributed by atoms with Crippen molar-refractivity contribution in [2.24, 2.45) is 0 Å². The molecule has 0 aromatic carbocycles. The smallest absolute Gasteiger partial charge is 0.0865 e. The number of rotatable bonds is 3. The Morgan fingerprint density at radius 3 is 2.54 bits per heavy atom. The van der Waals surface area contributed by atoms with Crippen molar-refractivity contribution in [1.82, 2.24) is 0 Å². The molecule has 0 aromatic heterocycles. The fourth-order valence-corrected chi connectivity index (χ4v) is 1.82. The monoisotopic (exact) mass is 188 g/mol. The Bertz CT molecular complexity index is 173. The average molecular weight is 188 g/mol. The first-order valence-electron chi connectivity index (χ1n) is 4.88. The Morgan fingerprint density at radius 2 is 2.15 bits per heavy atom. The highest BCUT2D eigenvalue weighted by atomic mass is 16.5. The minimum atomic E-state index is -0.771. The predicted molar refractivity (Wildman–Crippen MR) is 50.5 cm³/mol. The third-order valence-corrected chi connectivity index (χ3v) is 2.79. The average Bonchev–Trinajstić information content (AvgIpc) is 2.31. The molecule has 1 heterocycles. The Hall–Kier alpha value is -0.120. The van der Waals surface area contributed by atoms with Gasteiger partial charge in [-0.25, -0.2) is 0 Å². The molecule has 1 aliphatic heterocycles. The summed E-state index contributed by atoms with van der Waals surface area (Å²) in [4.78, 5) is 0. The fourth-order valence-electron chi connectivity index (χ4n) is 1.82. The van der Waals surface area contributed by atoms with Gasteiger partial charge in [0, 0.05) is 6.61 Å². The van der Waals surface area contributed by atoms with Crippen LogP contribution in [0.15, 0.2) is 0 Å². The molecule has 2 N–H and O–H groups in total. The lowest BCUT2D eigenvalue weighted by atomic mass is 9.95. The molecule has 0 amide bonds. The van der Waals surface area contributed by atoms with E-state index in [4.69, 9.17) is 9.84 Å². The van der Waals surface area contributed by atoms with Crippen LogP contribution in [0.5, 0.6) is 0 Å². The molecule has 1 fully saturated rings. The Kier molecular flexibility index (Phi) is 3.00. The molecule has 0 radical (unpaired) electrons. The van der Waals surface area contributed by atoms with Crippen molar-refractivity contribution in [3.05, 3.63) is 0 Å². The summed E-state index contributed by atoms with van der Waals surface area (Å²) in [6.07, 6.45) is 2.35. The fraction of sp³-hybridized carbons (Fsp3) is 1.00. The zero-order valence-corrected chi connectivity index (χ0v) is 8.71. The largest absolute Gasteiger partial charge is 0.396 e. The minimum Gasteiger partial charge on any atom is -0.396 e. The van der Waals surface area contributed by atoms with Crippen LogP contribution in [-0.4, -0.2) is 34.1 Å². The summed E-state index contributed by atoms with van der Waals surface area (Å²) in [6, 6.07) is 0. The van der Waals surface area contributed by atoms with Gasteiger partial charge in [-0.05, 0) is 40.0 Å². The van der Waals surface area contributed by atoms with E-state index in [0.717, 1.165) is 12.8 Å². The van der Waals surface area contributed by atoms with Gasteiger partial charge in [0.05, 0.1) is 17.3 Å². The van der Waals surface area contributed by atoms with Crippen molar-refractivity contribution in [2.75, 3.05) is 6.61 Å². The summed E-state index contributed by atoms with van der Waals surface area (Å²) in [6.45, 7) is 5.68. The SMILES string of the molecule is CC1(CCO)CCC(C(C)(C)O)O1. The van der Waals surface area contributed by atoms with Gasteiger partial charge < -0.3 is 14.9 Å². The first kappa shape index (κ1) is 11.0. The lowest BCUT2D eigenvalue weighted by molar-refractivity contribution is -0.120. The van der Waals surface area contributed by atoms with Crippen LogP contribution in [0.1, 0.15) is 40.0 Å². The molecule has 0 bridgehead atoms. The summed E-state index contributed by atoms with van der Waals surface area (Å²) >= 11 is 0. The minimum absolute atomic E-state index is 0.0935. The second kappa shape index (κ2) is 3.56. The molecule has 0 saturated carbocycles. The number of ether oxygens (including phenoxy) is 1. The van der Waals surface area contributed by atoms with E-state index >= 15 is 0 Å². The van der Waals surface area contributed by atoms with Crippen LogP contribution in [0.2, 0.25) is 0 Å². The molecule has 78 valence electrons. The second-order valence-corrected chi connectivity index (χ2v) is 4.72. The number of hydrogen-bond acceptors (Lipinski definition) is 3. The zero-order chi connectivity index (χ0) is 10.1. The molecule has 1 aliphatic rings. The third-order valence-electron chi connectivity index (χ3n) is 2.79. The van der Waals surface area contributed by atoms with E-state index in [1.54, 1.807) is 13.8 Å². The van der Waals surface area contributed by atoms with Crippen LogP contribution in [0.25, 0.3) is 0 Å². The highest BCUT2D eigenvalue weighted by molar-refractivity contribution is 4.91. The van der Waals surface area contributed by atoms with Crippen molar-refractivity contribution in [3.63, 3.8) is 0 Å². The summed E-state index contributed by atoms with van der Waals surface area (Å²) in [5.41, 5.74) is -1.01. The van der Waals surface area contributed by atoms with E-state index in [1.165, 1.54) is 0 Å². The maximum Gasteiger partial charge on any atom is 0.0865 e. The number of hydrogen-bond donors (Lipinski definition) is 2. The van der Waals surface area contributed by atoms with Gasteiger partial charge in [0.1, 0.15) is 0 Å². The summed E-state index contributed by atoms with van der Waals surface area (Å²) in [5, 5.41) is 18.6. The first-order valence-corrected chi connectivity index (χ1v) is 4.88. The molecular formula is C10H20O3. The van der Waals surface area contributed by atoms with Crippen LogP contribution in [-0.2, 0) is 4.74 Å². The van der Waals surface area contributed by atoms with Crippen molar-refractivity contribution >= 4 is 0 Å². The van der Waals surface area contributed by atoms with Gasteiger partial charge in [-0.1, -0.05) is 0 Å². The van der Waals surface area contributed by atoms with E-state index in [-0.39, 0.29) is 18.3 Å². The van der Waals surface area contributed by atoms with E-state index in [0.29, 0.717) is 6.42 Å². The van der Waals surface area contributed by atoms with Gasteiger partial charge in [0.2, 0.25) is 0 Å². The molecule has 0 aromatic rings. The first-order chi connectivity index (χ1) is 5.87. The molecule has 1 rings (SSSR count). The van der Waals surface area contributed by atoms with Gasteiger partial charge in [-0.2, -0.15) is 0 Å². The van der Waals surface area contributed by atoms with E-state index in [9.17, 15) is 5.11 Å². The topological polar surface area (TPSA) is 49.7 Å². The molecule has 1 saturated heterocycles. The second-order valence-electron chi connectivity index (χ2n) is 4.72. The van der Waals surface area contributed by atoms with Crippen molar-refractivity contribution in [1.29, 1.82) is 0 Å². The van der Waals surface area contributed by atoms with E-state index in [2.05, 4.69) is 0 Å². The third kappa shape index (κ3) is 2.66. The Labute approximate surface area is 79.7 Å². The molecule has 3 nitrogen and oxygen atoms in total. The molecular weight excluding hydrogens is 168 g/mol. The lowest BCUT2D eigenvalue weighted by Crippen LogP contribution is -2.38. The highest BCUT2D eigenvalue weighted by Gasteiger charge is 2.41. The van der Waals surface area contributed by atoms with Crippen LogP contribution in [0, 0.1) is 0 Å². The Balaban J connectivity index is 2.53. The molecule has 0 spiro atoms. The normalized spacial score (nSPS) is 35.3. The zero-order valence-electron chi connectivity index (χ0n) is 8.71. The molecule has 0 aliphatic carbocycles. The van der Waals surface area contributed by atoms with Crippen LogP contribution in [0.4, 0.5) is 0 Å². The van der Waals surface area contributed by atoms with Crippen molar-refractivity contribution in [2.45, 2.75) is 57.3 Å². The summed E-state index contributed by atoms with van der Waals surface area (Å²) in [5.74, 6) is 0. The lowest BCUT2D eigenvalue weighted by Gasteiger charge is -2.29. The van der Waals surface area contributed by atoms with Gasteiger partial charge in [-0.15, -0.1) is 0 Å². The van der Waals surface area contributed by atoms with Crippen molar-refractivity contribution in [3.8, 4) is 0 Å². The molecule has 13 heavy (non-hydrogen) atoms. The van der Waals surface area contributed by atoms with Crippen LogP contribution >= 0.6 is 0 Å². The standard InChI is InChI=1S/C10H20O3/c1-9(2,12)8-4-5-10(3,13-8)6-7-11/h8,11-12H,4-7H2,1-3H3. The van der Waals surface area contributed by atoms with Crippen LogP contribution < -0.4 is 0 Å². The van der Waals surface area contributed by atoms with Crippen LogP contribution in [0.3, 0.4) is 0 Å². The quantitative estimate of drug-likeness (QED) is 0.696. The molecule has 2 atom stereocenters. The highest BCUT2D eigenvalue weighted by Crippen LogP contribution is 2.36. The molecule has 2 unspecified atom stereocenters. The predicted octanol–water partition coefficient (Wildman–Crippen LogP) is 1.08. The van der Waals surface area contributed by atoms with Gasteiger partial charge in [-0.3, -0.25) is 0 Å². The van der Waals surface area contributed by atoms with E-state index < -0.39 is 5.60 Å². The van der Waals surface area contributed by atoms with Crippen molar-refractivity contribution < 1.29 is 14.9 Å². The Morgan fingerprint density at radius 1 is 1.54 bits per heavy atom. The van der Waals surface area contributed by atoms with Gasteiger partial charge in [0.15, 0.2) is 0 Å². The summed E-state index contributed by atoms with van der Waals surface area (Å²) < 4.78 is 5.74.